The third-order valence-corrected chi connectivity index (χ3v) is 4.97. The van der Waals surface area contributed by atoms with E-state index in [4.69, 9.17) is 4.74 Å². The predicted octanol–water partition coefficient (Wildman–Crippen LogP) is 5.87. The molecule has 5 nitrogen and oxygen atoms in total. The van der Waals surface area contributed by atoms with E-state index in [1.807, 2.05) is 0 Å². The van der Waals surface area contributed by atoms with Crippen molar-refractivity contribution < 1.29 is 41.0 Å². The molecule has 1 N–H and O–H groups in total. The van der Waals surface area contributed by atoms with Crippen LogP contribution in [0.4, 0.5) is 31.1 Å². The van der Waals surface area contributed by atoms with E-state index >= 15 is 0 Å². The summed E-state index contributed by atoms with van der Waals surface area (Å²) in [5.74, 6) is 0. The van der Waals surface area contributed by atoms with Gasteiger partial charge in [0, 0.05) is 11.9 Å². The van der Waals surface area contributed by atoms with Gasteiger partial charge in [-0.3, -0.25) is 4.90 Å². The summed E-state index contributed by atoms with van der Waals surface area (Å²) in [5.41, 5.74) is -5.17. The van der Waals surface area contributed by atoms with Gasteiger partial charge >= 0.3 is 18.4 Å². The van der Waals surface area contributed by atoms with Crippen LogP contribution in [0.5, 0.6) is 0 Å². The van der Waals surface area contributed by atoms with Gasteiger partial charge in [0.2, 0.25) is 0 Å². The van der Waals surface area contributed by atoms with Gasteiger partial charge in [0.05, 0.1) is 17.1 Å². The second kappa shape index (κ2) is 8.51. The fourth-order valence-corrected chi connectivity index (χ4v) is 3.59. The quantitative estimate of drug-likeness (QED) is 0.435. The van der Waals surface area contributed by atoms with E-state index < -0.39 is 58.5 Å². The van der Waals surface area contributed by atoms with Crippen molar-refractivity contribution in [2.45, 2.75) is 57.3 Å². The van der Waals surface area contributed by atoms with Gasteiger partial charge in [-0.25, -0.2) is 9.78 Å². The summed E-state index contributed by atoms with van der Waals surface area (Å²) in [5, 5.41) is 10.8. The van der Waals surface area contributed by atoms with Crippen molar-refractivity contribution >= 4 is 17.0 Å². The number of ether oxygens (including phenoxy) is 1. The van der Waals surface area contributed by atoms with E-state index in [0.717, 1.165) is 17.0 Å². The zero-order valence-corrected chi connectivity index (χ0v) is 18.0. The van der Waals surface area contributed by atoms with E-state index in [0.29, 0.717) is 18.6 Å². The minimum absolute atomic E-state index is 0.107. The number of amides is 1. The summed E-state index contributed by atoms with van der Waals surface area (Å²) in [4.78, 5) is 17.0. The molecule has 0 unspecified atom stereocenters. The second-order valence-electron chi connectivity index (χ2n) is 8.62. The maximum Gasteiger partial charge on any atom is 0.433 e. The van der Waals surface area contributed by atoms with Crippen molar-refractivity contribution in [3.8, 4) is 0 Å². The number of aromatic nitrogens is 1. The zero-order valence-electron chi connectivity index (χ0n) is 18.0. The Balaban J connectivity index is 2.18. The van der Waals surface area contributed by atoms with Crippen molar-refractivity contribution in [2.75, 3.05) is 6.54 Å². The van der Waals surface area contributed by atoms with Crippen LogP contribution in [0.2, 0.25) is 0 Å². The monoisotopic (exact) mass is 476 g/mol. The molecule has 2 heterocycles. The van der Waals surface area contributed by atoms with Gasteiger partial charge in [-0.1, -0.05) is 24.3 Å². The minimum Gasteiger partial charge on any atom is -0.444 e. The standard InChI is InChI=1S/C22H22F6N2O3/c1-20(2,3)33-19(32)30-10-5-4-9-15(30)18(31)13-11-16(22(26,27)28)29-17-12(13)7-6-8-14(17)21(23,24)25/h4,6-9,11,15,18,31H,5,10H2,1-3H3/t15-,18+/m0/s1. The van der Waals surface area contributed by atoms with Crippen LogP contribution in [-0.4, -0.2) is 39.3 Å². The fourth-order valence-electron chi connectivity index (χ4n) is 3.59. The number of benzene rings is 1. The molecule has 1 aliphatic rings. The first kappa shape index (κ1) is 24.8. The number of carbonyl (C=O) groups is 1. The summed E-state index contributed by atoms with van der Waals surface area (Å²) in [6.07, 6.45) is -9.15. The number of hydrogen-bond acceptors (Lipinski definition) is 4. The SMILES string of the molecule is CC(C)(C)OC(=O)N1CCC=C[C@H]1[C@H](O)c1cc(C(F)(F)F)nc2c(C(F)(F)F)cccc12. The number of pyridine rings is 1. The normalized spacial score (nSPS) is 18.5. The number of hydrogen-bond donors (Lipinski definition) is 1. The van der Waals surface area contributed by atoms with E-state index in [1.54, 1.807) is 26.8 Å². The minimum atomic E-state index is -5.06. The zero-order chi connectivity index (χ0) is 24.8. The van der Waals surface area contributed by atoms with Crippen molar-refractivity contribution in [1.29, 1.82) is 0 Å². The van der Waals surface area contributed by atoms with Gasteiger partial charge in [0.15, 0.2) is 0 Å². The molecule has 0 aliphatic carbocycles. The van der Waals surface area contributed by atoms with Crippen LogP contribution < -0.4 is 0 Å². The maximum absolute atomic E-state index is 13.5. The summed E-state index contributed by atoms with van der Waals surface area (Å²) in [6.45, 7) is 4.98. The van der Waals surface area contributed by atoms with E-state index in [2.05, 4.69) is 4.98 Å². The molecule has 0 radical (unpaired) electrons. The summed E-state index contributed by atoms with van der Waals surface area (Å²) in [6, 6.07) is 2.16. The van der Waals surface area contributed by atoms with Gasteiger partial charge in [-0.15, -0.1) is 0 Å². The van der Waals surface area contributed by atoms with Gasteiger partial charge in [0.25, 0.3) is 0 Å². The predicted molar refractivity (Wildman–Crippen MR) is 107 cm³/mol. The van der Waals surface area contributed by atoms with E-state index in [1.165, 1.54) is 6.08 Å². The molecule has 1 aliphatic heterocycles. The Labute approximate surface area is 185 Å². The first-order chi connectivity index (χ1) is 15.1. The molecular weight excluding hydrogens is 454 g/mol. The third kappa shape index (κ3) is 5.40. The van der Waals surface area contributed by atoms with E-state index in [-0.39, 0.29) is 11.9 Å². The number of aliphatic hydroxyl groups excluding tert-OH is 1. The lowest BCUT2D eigenvalue weighted by molar-refractivity contribution is -0.142. The van der Waals surface area contributed by atoms with Gasteiger partial charge in [0.1, 0.15) is 17.4 Å². The topological polar surface area (TPSA) is 62.7 Å². The molecule has 11 heteroatoms. The number of alkyl halides is 6. The molecule has 1 amide bonds. The van der Waals surface area contributed by atoms with Crippen LogP contribution in [0.15, 0.2) is 36.4 Å². The molecular formula is C22H22F6N2O3. The third-order valence-electron chi connectivity index (χ3n) is 4.97. The summed E-state index contributed by atoms with van der Waals surface area (Å²) in [7, 11) is 0. The smallest absolute Gasteiger partial charge is 0.433 e. The average molecular weight is 476 g/mol. The van der Waals surface area contributed by atoms with Crippen LogP contribution >= 0.6 is 0 Å². The second-order valence-corrected chi connectivity index (χ2v) is 8.62. The Morgan fingerprint density at radius 3 is 2.39 bits per heavy atom. The van der Waals surface area contributed by atoms with Crippen LogP contribution in [0.25, 0.3) is 10.9 Å². The molecule has 0 fully saturated rings. The number of carbonyl (C=O) groups excluding carboxylic acids is 1. The van der Waals surface area contributed by atoms with Gasteiger partial charge in [-0.2, -0.15) is 26.3 Å². The van der Waals surface area contributed by atoms with Crippen LogP contribution in [0.1, 0.15) is 50.1 Å². The van der Waals surface area contributed by atoms with Crippen molar-refractivity contribution in [3.63, 3.8) is 0 Å². The Morgan fingerprint density at radius 1 is 1.15 bits per heavy atom. The molecule has 2 atom stereocenters. The average Bonchev–Trinajstić information content (AvgIpc) is 2.69. The first-order valence-corrected chi connectivity index (χ1v) is 10.0. The molecule has 0 saturated carbocycles. The molecule has 1 aromatic heterocycles. The molecule has 0 spiro atoms. The molecule has 1 aromatic carbocycles. The van der Waals surface area contributed by atoms with Gasteiger partial charge in [-0.05, 0) is 44.9 Å². The maximum atomic E-state index is 13.5. The highest BCUT2D eigenvalue weighted by Crippen LogP contribution is 2.40. The highest BCUT2D eigenvalue weighted by molar-refractivity contribution is 5.86. The Bertz CT molecular complexity index is 1070. The van der Waals surface area contributed by atoms with Crippen LogP contribution in [-0.2, 0) is 17.1 Å². The lowest BCUT2D eigenvalue weighted by Gasteiger charge is -2.36. The molecule has 0 bridgehead atoms. The van der Waals surface area contributed by atoms with Crippen molar-refractivity contribution in [2.24, 2.45) is 0 Å². The van der Waals surface area contributed by atoms with Crippen molar-refractivity contribution in [3.05, 3.63) is 53.2 Å². The number of nitrogens with zero attached hydrogens (tertiary/aromatic N) is 2. The highest BCUT2D eigenvalue weighted by atomic mass is 19.4. The number of para-hydroxylation sites is 1. The Kier molecular flexibility index (Phi) is 6.40. The number of rotatable bonds is 2. The largest absolute Gasteiger partial charge is 0.444 e. The molecule has 0 saturated heterocycles. The Morgan fingerprint density at radius 2 is 1.82 bits per heavy atom. The van der Waals surface area contributed by atoms with Crippen LogP contribution in [0.3, 0.4) is 0 Å². The van der Waals surface area contributed by atoms with E-state index in [9.17, 15) is 36.2 Å². The summed E-state index contributed by atoms with van der Waals surface area (Å²) >= 11 is 0. The molecule has 3 rings (SSSR count). The number of fused-ring (bicyclic) bond motifs is 1. The van der Waals surface area contributed by atoms with Crippen molar-refractivity contribution in [1.82, 2.24) is 9.88 Å². The highest BCUT2D eigenvalue weighted by Gasteiger charge is 2.40. The molecule has 2 aromatic rings. The lowest BCUT2D eigenvalue weighted by atomic mass is 9.93. The Hall–Kier alpha value is -2.82. The molecule has 33 heavy (non-hydrogen) atoms. The lowest BCUT2D eigenvalue weighted by Crippen LogP contribution is -2.47. The fraction of sp³-hybridized carbons (Fsp3) is 0.455. The van der Waals surface area contributed by atoms with Gasteiger partial charge < -0.3 is 9.84 Å². The van der Waals surface area contributed by atoms with Crippen LogP contribution in [0, 0.1) is 0 Å². The first-order valence-electron chi connectivity index (χ1n) is 10.0. The number of halogens is 6. The molecule has 180 valence electrons. The summed E-state index contributed by atoms with van der Waals surface area (Å²) < 4.78 is 86.3. The number of aliphatic hydroxyl groups is 1.